The number of aliphatic hydroxyl groups is 1. The zero-order chi connectivity index (χ0) is 19.8. The lowest BCUT2D eigenvalue weighted by atomic mass is 10.1. The minimum absolute atomic E-state index is 0.287. The Morgan fingerprint density at radius 1 is 1.07 bits per heavy atom. The molecule has 7 heteroatoms. The molecule has 0 radical (unpaired) electrons. The molecule has 2 fully saturated rings. The Kier molecular flexibility index (Phi) is 8.36. The summed E-state index contributed by atoms with van der Waals surface area (Å²) in [6, 6.07) is 5.95. The van der Waals surface area contributed by atoms with E-state index in [1.165, 1.54) is 0 Å². The molecule has 2 aliphatic rings. The smallest absolute Gasteiger partial charge is 0.127 e. The van der Waals surface area contributed by atoms with E-state index in [-0.39, 0.29) is 6.61 Å². The van der Waals surface area contributed by atoms with Crippen LogP contribution in [0.4, 0.5) is 0 Å². The standard InChI is InChI=1S/C21H35N3O4/c1-22-7-9-24(10-8-22)16-19(25)17-28-21-14-20(26-2)5-4-18(21)15-23-6-3-12-27-13-11-23/h4-5,14,19,25H,3,6-13,15-17H2,1-2H3. The van der Waals surface area contributed by atoms with E-state index in [4.69, 9.17) is 14.2 Å². The molecular weight excluding hydrogens is 358 g/mol. The molecule has 0 aliphatic carbocycles. The first kappa shape index (κ1) is 21.3. The molecule has 2 saturated heterocycles. The fourth-order valence-corrected chi connectivity index (χ4v) is 3.69. The van der Waals surface area contributed by atoms with Crippen LogP contribution < -0.4 is 9.47 Å². The predicted octanol–water partition coefficient (Wildman–Crippen LogP) is 0.905. The van der Waals surface area contributed by atoms with Crippen molar-refractivity contribution in [2.45, 2.75) is 19.1 Å². The molecule has 2 aliphatic heterocycles. The van der Waals surface area contributed by atoms with Crippen molar-refractivity contribution in [3.8, 4) is 11.5 Å². The lowest BCUT2D eigenvalue weighted by molar-refractivity contribution is 0.0499. The predicted molar refractivity (Wildman–Crippen MR) is 109 cm³/mol. The molecule has 1 aromatic carbocycles. The molecule has 0 spiro atoms. The number of aliphatic hydroxyl groups excluding tert-OH is 1. The van der Waals surface area contributed by atoms with Crippen molar-refractivity contribution >= 4 is 0 Å². The van der Waals surface area contributed by atoms with E-state index in [9.17, 15) is 5.11 Å². The molecule has 0 saturated carbocycles. The monoisotopic (exact) mass is 393 g/mol. The summed E-state index contributed by atoms with van der Waals surface area (Å²) in [5.74, 6) is 1.56. The van der Waals surface area contributed by atoms with E-state index in [0.29, 0.717) is 6.54 Å². The molecule has 7 nitrogen and oxygen atoms in total. The second-order valence-electron chi connectivity index (χ2n) is 7.78. The van der Waals surface area contributed by atoms with E-state index in [0.717, 1.165) is 82.5 Å². The zero-order valence-corrected chi connectivity index (χ0v) is 17.3. The van der Waals surface area contributed by atoms with Gasteiger partial charge in [0.1, 0.15) is 24.2 Å². The first-order chi connectivity index (χ1) is 13.6. The van der Waals surface area contributed by atoms with Gasteiger partial charge in [-0.1, -0.05) is 6.07 Å². The van der Waals surface area contributed by atoms with Crippen LogP contribution in [0, 0.1) is 0 Å². The zero-order valence-electron chi connectivity index (χ0n) is 17.3. The third kappa shape index (κ3) is 6.60. The summed E-state index contributed by atoms with van der Waals surface area (Å²) < 4.78 is 17.0. The molecule has 0 bridgehead atoms. The van der Waals surface area contributed by atoms with Crippen LogP contribution in [-0.2, 0) is 11.3 Å². The molecule has 2 heterocycles. The molecule has 0 aromatic heterocycles. The summed E-state index contributed by atoms with van der Waals surface area (Å²) in [7, 11) is 3.80. The quantitative estimate of drug-likeness (QED) is 0.704. The number of ether oxygens (including phenoxy) is 3. The van der Waals surface area contributed by atoms with E-state index in [2.05, 4.69) is 27.8 Å². The molecule has 1 aromatic rings. The van der Waals surface area contributed by atoms with Gasteiger partial charge in [-0.3, -0.25) is 9.80 Å². The fraction of sp³-hybridized carbons (Fsp3) is 0.714. The van der Waals surface area contributed by atoms with Crippen LogP contribution in [0.15, 0.2) is 18.2 Å². The van der Waals surface area contributed by atoms with Crippen molar-refractivity contribution in [3.05, 3.63) is 23.8 Å². The molecule has 1 N–H and O–H groups in total. The van der Waals surface area contributed by atoms with Gasteiger partial charge in [-0.15, -0.1) is 0 Å². The maximum absolute atomic E-state index is 10.5. The van der Waals surface area contributed by atoms with Gasteiger partial charge < -0.3 is 24.2 Å². The number of methoxy groups -OCH3 is 1. The van der Waals surface area contributed by atoms with Gasteiger partial charge in [-0.05, 0) is 19.5 Å². The van der Waals surface area contributed by atoms with Crippen LogP contribution in [-0.4, -0.2) is 106 Å². The van der Waals surface area contributed by atoms with E-state index in [1.54, 1.807) is 7.11 Å². The average Bonchev–Trinajstić information content (AvgIpc) is 2.97. The van der Waals surface area contributed by atoms with Crippen molar-refractivity contribution in [1.29, 1.82) is 0 Å². The summed E-state index contributed by atoms with van der Waals surface area (Å²) in [6.07, 6.45) is 0.546. The maximum Gasteiger partial charge on any atom is 0.127 e. The van der Waals surface area contributed by atoms with Crippen molar-refractivity contribution in [2.24, 2.45) is 0 Å². The number of β-amino-alcohol motifs (C(OH)–C–C–N with tert-alkyl or cyclic N) is 1. The third-order valence-electron chi connectivity index (χ3n) is 5.48. The van der Waals surface area contributed by atoms with Gasteiger partial charge in [-0.25, -0.2) is 0 Å². The van der Waals surface area contributed by atoms with Gasteiger partial charge in [0.05, 0.1) is 13.7 Å². The Hall–Kier alpha value is -1.38. The SMILES string of the molecule is COc1ccc(CN2CCCOCC2)c(OCC(O)CN2CCN(C)CC2)c1. The van der Waals surface area contributed by atoms with Crippen molar-refractivity contribution in [2.75, 3.05) is 79.8 Å². The summed E-state index contributed by atoms with van der Waals surface area (Å²) >= 11 is 0. The third-order valence-corrected chi connectivity index (χ3v) is 5.48. The highest BCUT2D eigenvalue weighted by Gasteiger charge is 2.19. The Bertz CT molecular complexity index is 585. The second kappa shape index (κ2) is 11.0. The number of likely N-dealkylation sites (N-methyl/N-ethyl adjacent to an activating group) is 1. The van der Waals surface area contributed by atoms with Gasteiger partial charge in [0.25, 0.3) is 0 Å². The normalized spacial score (nSPS) is 21.2. The van der Waals surface area contributed by atoms with Crippen LogP contribution in [0.1, 0.15) is 12.0 Å². The molecular formula is C21H35N3O4. The van der Waals surface area contributed by atoms with Crippen molar-refractivity contribution in [1.82, 2.24) is 14.7 Å². The number of benzene rings is 1. The molecule has 1 unspecified atom stereocenters. The first-order valence-electron chi connectivity index (χ1n) is 10.3. The summed E-state index contributed by atoms with van der Waals surface area (Å²) in [5, 5.41) is 10.5. The Labute approximate surface area is 168 Å². The van der Waals surface area contributed by atoms with Gasteiger partial charge in [0.2, 0.25) is 0 Å². The van der Waals surface area contributed by atoms with E-state index >= 15 is 0 Å². The summed E-state index contributed by atoms with van der Waals surface area (Å²) in [5.41, 5.74) is 1.12. The number of hydrogen-bond donors (Lipinski definition) is 1. The van der Waals surface area contributed by atoms with Crippen LogP contribution in [0.3, 0.4) is 0 Å². The largest absolute Gasteiger partial charge is 0.497 e. The van der Waals surface area contributed by atoms with Gasteiger partial charge in [0.15, 0.2) is 0 Å². The van der Waals surface area contributed by atoms with Crippen LogP contribution >= 0.6 is 0 Å². The molecule has 3 rings (SSSR count). The summed E-state index contributed by atoms with van der Waals surface area (Å²) in [6.45, 7) is 9.40. The number of nitrogens with zero attached hydrogens (tertiary/aromatic N) is 3. The molecule has 158 valence electrons. The summed E-state index contributed by atoms with van der Waals surface area (Å²) in [4.78, 5) is 7.01. The Morgan fingerprint density at radius 2 is 1.89 bits per heavy atom. The van der Waals surface area contributed by atoms with E-state index in [1.807, 2.05) is 12.1 Å². The highest BCUT2D eigenvalue weighted by atomic mass is 16.5. The highest BCUT2D eigenvalue weighted by molar-refractivity contribution is 5.40. The first-order valence-corrected chi connectivity index (χ1v) is 10.3. The molecule has 0 amide bonds. The van der Waals surface area contributed by atoms with Crippen LogP contribution in [0.2, 0.25) is 0 Å². The maximum atomic E-state index is 10.5. The van der Waals surface area contributed by atoms with Crippen molar-refractivity contribution in [3.63, 3.8) is 0 Å². The van der Waals surface area contributed by atoms with E-state index < -0.39 is 6.10 Å². The fourth-order valence-electron chi connectivity index (χ4n) is 3.69. The minimum atomic E-state index is -0.506. The van der Waals surface area contributed by atoms with Gasteiger partial charge >= 0.3 is 0 Å². The Morgan fingerprint density at radius 3 is 2.68 bits per heavy atom. The number of rotatable bonds is 8. The number of hydrogen-bond acceptors (Lipinski definition) is 7. The average molecular weight is 394 g/mol. The minimum Gasteiger partial charge on any atom is -0.497 e. The Balaban J connectivity index is 1.56. The molecule has 1 atom stereocenters. The van der Waals surface area contributed by atoms with Gasteiger partial charge in [-0.2, -0.15) is 0 Å². The van der Waals surface area contributed by atoms with Crippen molar-refractivity contribution < 1.29 is 19.3 Å². The van der Waals surface area contributed by atoms with Crippen LogP contribution in [0.5, 0.6) is 11.5 Å². The lowest BCUT2D eigenvalue weighted by Crippen LogP contribution is -2.47. The second-order valence-corrected chi connectivity index (χ2v) is 7.78. The molecule has 28 heavy (non-hydrogen) atoms. The van der Waals surface area contributed by atoms with Crippen LogP contribution in [0.25, 0.3) is 0 Å². The lowest BCUT2D eigenvalue weighted by Gasteiger charge is -2.33. The number of piperazine rings is 1. The highest BCUT2D eigenvalue weighted by Crippen LogP contribution is 2.26. The topological polar surface area (TPSA) is 57.6 Å². The van der Waals surface area contributed by atoms with Gasteiger partial charge in [0, 0.05) is 70.6 Å².